The highest BCUT2D eigenvalue weighted by Gasteiger charge is 2.59. The van der Waals surface area contributed by atoms with E-state index in [4.69, 9.17) is 10.9 Å². The predicted octanol–water partition coefficient (Wildman–Crippen LogP) is -1.08. The molecular weight excluding hydrogens is 544 g/mol. The number of nitrogens with zero attached hydrogens (tertiary/aromatic N) is 6. The maximum Gasteiger partial charge on any atom is 0.313 e. The Balaban J connectivity index is 1.50. The summed E-state index contributed by atoms with van der Waals surface area (Å²) in [6, 6.07) is 6.34. The topological polar surface area (TPSA) is 208 Å². The minimum atomic E-state index is -3.74. The number of aromatic nitrogens is 4. The summed E-state index contributed by atoms with van der Waals surface area (Å²) in [7, 11) is -3.74. The van der Waals surface area contributed by atoms with E-state index in [1.54, 1.807) is 24.3 Å². The van der Waals surface area contributed by atoms with Crippen molar-refractivity contribution in [3.05, 3.63) is 29.8 Å². The van der Waals surface area contributed by atoms with Crippen molar-refractivity contribution in [1.29, 1.82) is 0 Å². The van der Waals surface area contributed by atoms with E-state index in [9.17, 15) is 27.9 Å². The van der Waals surface area contributed by atoms with Crippen molar-refractivity contribution in [2.24, 2.45) is 16.3 Å². The summed E-state index contributed by atoms with van der Waals surface area (Å²) in [5.74, 6) is -1.88. The van der Waals surface area contributed by atoms with E-state index < -0.39 is 32.8 Å². The zero-order chi connectivity index (χ0) is 27.0. The number of aryl methyl sites for hydroxylation is 1. The Labute approximate surface area is 221 Å². The lowest BCUT2D eigenvalue weighted by molar-refractivity contribution is -0.156. The molecule has 14 nitrogen and oxygen atoms in total. The van der Waals surface area contributed by atoms with Crippen molar-refractivity contribution in [2.75, 3.05) is 28.7 Å². The van der Waals surface area contributed by atoms with Crippen LogP contribution in [0.3, 0.4) is 0 Å². The Morgan fingerprint density at radius 2 is 2.08 bits per heavy atom. The number of fused-ring (bicyclic) bond motifs is 1. The number of tetrazole rings is 1. The Morgan fingerprint density at radius 3 is 2.73 bits per heavy atom. The second-order valence-electron chi connectivity index (χ2n) is 8.76. The number of hydrogen-bond acceptors (Lipinski definition) is 11. The minimum absolute atomic E-state index is 0.0404. The largest absolute Gasteiger partial charge is 0.481 e. The van der Waals surface area contributed by atoms with Gasteiger partial charge in [0.2, 0.25) is 27.0 Å². The third-order valence-electron chi connectivity index (χ3n) is 6.22. The predicted molar refractivity (Wildman–Crippen MR) is 136 cm³/mol. The molecule has 3 heterocycles. The number of thioether (sulfide) groups is 2. The fraction of sp³-hybridized carbons (Fsp3) is 0.500. The number of rotatable bonds is 10. The number of primary sulfonamides is 1. The van der Waals surface area contributed by atoms with Gasteiger partial charge in [0.05, 0.1) is 12.3 Å². The molecule has 37 heavy (non-hydrogen) atoms. The molecule has 0 spiro atoms. The average Bonchev–Trinajstić information content (AvgIpc) is 3.31. The third kappa shape index (κ3) is 5.45. The van der Waals surface area contributed by atoms with Crippen LogP contribution in [0.1, 0.15) is 12.5 Å². The van der Waals surface area contributed by atoms with Gasteiger partial charge >= 0.3 is 5.97 Å². The number of aliphatic carboxylic acids is 1. The van der Waals surface area contributed by atoms with Gasteiger partial charge in [0.15, 0.2) is 0 Å². The smallest absolute Gasteiger partial charge is 0.313 e. The van der Waals surface area contributed by atoms with Crippen LogP contribution in [0, 0.1) is 5.41 Å². The van der Waals surface area contributed by atoms with Crippen LogP contribution in [0.5, 0.6) is 0 Å². The molecule has 4 rings (SSSR count). The highest BCUT2D eigenvalue weighted by atomic mass is 32.2. The average molecular weight is 571 g/mol. The summed E-state index contributed by atoms with van der Waals surface area (Å²) in [6.07, 6.45) is 0. The number of hydrogen-bond donors (Lipinski definition) is 3. The summed E-state index contributed by atoms with van der Waals surface area (Å²) in [4.78, 5) is 41.2. The van der Waals surface area contributed by atoms with Crippen molar-refractivity contribution in [3.63, 3.8) is 0 Å². The number of carbonyl (C=O) groups excluding carboxylic acids is 2. The van der Waals surface area contributed by atoms with Gasteiger partial charge in [-0.3, -0.25) is 19.3 Å². The van der Waals surface area contributed by atoms with Crippen LogP contribution in [-0.4, -0.2) is 91.6 Å². The first kappa shape index (κ1) is 27.3. The van der Waals surface area contributed by atoms with Gasteiger partial charge in [-0.15, -0.1) is 16.9 Å². The molecule has 0 radical (unpaired) electrons. The quantitative estimate of drug-likeness (QED) is 0.230. The van der Waals surface area contributed by atoms with Crippen molar-refractivity contribution >= 4 is 57.0 Å². The SMILES string of the molecule is CC(=O)N(c1ccccc1CN)C1C(=O)N2CC(CSc3nnnn3CCS(N)(=O)=O)(C(=O)O)CS[C@H]12. The van der Waals surface area contributed by atoms with Gasteiger partial charge in [0.1, 0.15) is 16.8 Å². The zero-order valence-corrected chi connectivity index (χ0v) is 22.2. The molecule has 1 aromatic carbocycles. The Morgan fingerprint density at radius 1 is 1.35 bits per heavy atom. The minimum Gasteiger partial charge on any atom is -0.481 e. The second-order valence-corrected chi connectivity index (χ2v) is 12.5. The highest BCUT2D eigenvalue weighted by molar-refractivity contribution is 8.00. The van der Waals surface area contributed by atoms with Crippen LogP contribution in [0.15, 0.2) is 29.4 Å². The van der Waals surface area contributed by atoms with Gasteiger partial charge in [-0.1, -0.05) is 30.0 Å². The van der Waals surface area contributed by atoms with E-state index in [-0.39, 0.29) is 53.9 Å². The summed E-state index contributed by atoms with van der Waals surface area (Å²) >= 11 is 2.36. The van der Waals surface area contributed by atoms with Crippen LogP contribution in [-0.2, 0) is 37.5 Å². The summed E-state index contributed by atoms with van der Waals surface area (Å²) < 4.78 is 23.8. The van der Waals surface area contributed by atoms with Gasteiger partial charge in [0, 0.05) is 37.2 Å². The Hall–Kier alpha value is -2.73. The lowest BCUT2D eigenvalue weighted by Crippen LogP contribution is -2.74. The molecule has 2 aliphatic rings. The van der Waals surface area contributed by atoms with Crippen molar-refractivity contribution in [1.82, 2.24) is 25.1 Å². The normalized spacial score (nSPS) is 23.3. The van der Waals surface area contributed by atoms with Crippen molar-refractivity contribution < 1.29 is 27.9 Å². The standard InChI is InChI=1S/C20H26N8O6S3/c1-12(29)28(14-5-3-2-4-13(14)8-21)15-16(30)26-9-20(18(31)32,10-35-17(15)26)11-36-19-23-24-25-27(19)6-7-37(22,33)34/h2-5,15,17H,6-11,21H2,1H3,(H,31,32)(H2,22,33,34)/t15?,17-,20?/m1/s1. The van der Waals surface area contributed by atoms with Crippen molar-refractivity contribution in [3.8, 4) is 0 Å². The van der Waals surface area contributed by atoms with E-state index in [1.807, 2.05) is 0 Å². The molecule has 3 atom stereocenters. The van der Waals surface area contributed by atoms with Gasteiger partial charge < -0.3 is 15.7 Å². The summed E-state index contributed by atoms with van der Waals surface area (Å²) in [5, 5.41) is 26.1. The van der Waals surface area contributed by atoms with Crippen molar-refractivity contribution in [2.45, 2.75) is 36.6 Å². The Kier molecular flexibility index (Phi) is 7.80. The maximum absolute atomic E-state index is 13.3. The monoisotopic (exact) mass is 570 g/mol. The van der Waals surface area contributed by atoms with Crippen LogP contribution in [0.25, 0.3) is 0 Å². The molecular formula is C20H26N8O6S3. The molecule has 0 bridgehead atoms. The first-order valence-corrected chi connectivity index (χ1v) is 14.8. The van der Waals surface area contributed by atoms with Crippen LogP contribution in [0.2, 0.25) is 0 Å². The molecule has 2 fully saturated rings. The van der Waals surface area contributed by atoms with Crippen LogP contribution >= 0.6 is 23.5 Å². The zero-order valence-electron chi connectivity index (χ0n) is 19.8. The molecule has 2 saturated heterocycles. The first-order valence-electron chi connectivity index (χ1n) is 11.1. The Bertz CT molecular complexity index is 1320. The molecule has 5 N–H and O–H groups in total. The highest BCUT2D eigenvalue weighted by Crippen LogP contribution is 2.46. The number of carboxylic acid groups (broad SMARTS) is 1. The number of benzene rings is 1. The number of sulfonamides is 1. The lowest BCUT2D eigenvalue weighted by Gasteiger charge is -2.56. The van der Waals surface area contributed by atoms with E-state index in [0.717, 1.165) is 17.3 Å². The number of para-hydroxylation sites is 1. The molecule has 2 unspecified atom stereocenters. The van der Waals surface area contributed by atoms with E-state index in [1.165, 1.54) is 33.2 Å². The van der Waals surface area contributed by atoms with Gasteiger partial charge in [-0.2, -0.15) is 0 Å². The summed E-state index contributed by atoms with van der Waals surface area (Å²) in [6.45, 7) is 1.45. The lowest BCUT2D eigenvalue weighted by atomic mass is 9.89. The second kappa shape index (κ2) is 10.6. The molecule has 0 aliphatic carbocycles. The molecule has 0 saturated carbocycles. The van der Waals surface area contributed by atoms with Crippen LogP contribution in [0.4, 0.5) is 5.69 Å². The van der Waals surface area contributed by atoms with E-state index >= 15 is 0 Å². The number of amides is 2. The molecule has 2 aliphatic heterocycles. The molecule has 17 heteroatoms. The third-order valence-corrected chi connectivity index (χ3v) is 9.80. The maximum atomic E-state index is 13.3. The first-order chi connectivity index (χ1) is 17.5. The van der Waals surface area contributed by atoms with Crippen LogP contribution < -0.4 is 15.8 Å². The van der Waals surface area contributed by atoms with Gasteiger partial charge in [-0.05, 0) is 22.1 Å². The molecule has 2 aromatic rings. The summed E-state index contributed by atoms with van der Waals surface area (Å²) in [5.41, 5.74) is 5.83. The number of anilines is 1. The van der Waals surface area contributed by atoms with E-state index in [0.29, 0.717) is 5.69 Å². The number of nitrogens with two attached hydrogens (primary N) is 2. The molecule has 1 aromatic heterocycles. The fourth-order valence-electron chi connectivity index (χ4n) is 4.28. The van der Waals surface area contributed by atoms with E-state index in [2.05, 4.69) is 15.5 Å². The number of β-lactam (4-membered cyclic amide) rings is 1. The van der Waals surface area contributed by atoms with Gasteiger partial charge in [-0.25, -0.2) is 18.2 Å². The molecule has 200 valence electrons. The fourth-order valence-corrected chi connectivity index (χ4v) is 7.51. The molecule has 2 amide bonds. The number of carboxylic acids is 1. The van der Waals surface area contributed by atoms with Gasteiger partial charge in [0.25, 0.3) is 0 Å². The number of carbonyl (C=O) groups is 3.